The summed E-state index contributed by atoms with van der Waals surface area (Å²) in [5.74, 6) is -0.587. The van der Waals surface area contributed by atoms with E-state index < -0.39 is 5.91 Å². The van der Waals surface area contributed by atoms with Crippen molar-refractivity contribution < 1.29 is 9.59 Å². The molecule has 6 nitrogen and oxygen atoms in total. The second-order valence-corrected chi connectivity index (χ2v) is 6.27. The fraction of sp³-hybridized carbons (Fsp3) is 0.167. The van der Waals surface area contributed by atoms with E-state index in [1.54, 1.807) is 53.1 Å². The predicted octanol–water partition coefficient (Wildman–Crippen LogP) is 3.38. The van der Waals surface area contributed by atoms with E-state index in [1.807, 2.05) is 13.8 Å². The van der Waals surface area contributed by atoms with Crippen molar-refractivity contribution >= 4 is 34.6 Å². The number of nitrogens with zero attached hydrogens (tertiary/aromatic N) is 2. The summed E-state index contributed by atoms with van der Waals surface area (Å²) in [5.41, 5.74) is 1.38. The average molecular weight is 357 g/mol. The first-order valence-corrected chi connectivity index (χ1v) is 8.18. The molecule has 3 aromatic rings. The molecule has 128 valence electrons. The lowest BCUT2D eigenvalue weighted by Crippen LogP contribution is -2.30. The van der Waals surface area contributed by atoms with Gasteiger partial charge in [0.2, 0.25) is 5.82 Å². The van der Waals surface area contributed by atoms with Gasteiger partial charge in [-0.05, 0) is 50.2 Å². The summed E-state index contributed by atoms with van der Waals surface area (Å²) in [6.45, 7) is 3.73. The maximum atomic E-state index is 12.6. The molecule has 0 saturated heterocycles. The molecule has 25 heavy (non-hydrogen) atoms. The Morgan fingerprint density at radius 2 is 1.80 bits per heavy atom. The highest BCUT2D eigenvalue weighted by molar-refractivity contribution is 6.30. The molecule has 7 heteroatoms. The Hall–Kier alpha value is -2.86. The van der Waals surface area contributed by atoms with E-state index in [9.17, 15) is 9.59 Å². The van der Waals surface area contributed by atoms with Gasteiger partial charge in [0.1, 0.15) is 0 Å². The number of imidazole rings is 1. The second kappa shape index (κ2) is 6.94. The van der Waals surface area contributed by atoms with Gasteiger partial charge in [-0.2, -0.15) is 0 Å². The van der Waals surface area contributed by atoms with Crippen molar-refractivity contribution in [3.8, 4) is 0 Å². The third-order valence-corrected chi connectivity index (χ3v) is 3.74. The molecule has 0 radical (unpaired) electrons. The molecule has 0 aliphatic heterocycles. The number of carbonyl (C=O) groups excluding carboxylic acids is 2. The molecule has 0 aliphatic carbocycles. The highest BCUT2D eigenvalue weighted by atomic mass is 35.5. The van der Waals surface area contributed by atoms with Crippen LogP contribution in [0.5, 0.6) is 0 Å². The van der Waals surface area contributed by atoms with Crippen molar-refractivity contribution in [2.75, 3.05) is 5.32 Å². The Bertz CT molecular complexity index is 932. The van der Waals surface area contributed by atoms with Crippen LogP contribution in [-0.4, -0.2) is 27.2 Å². The standard InChI is InChI=1S/C18H17ClN4O2/c1-11(2)20-17(24)15-14-5-3-4-10-23(14)16(22-15)18(25)21-13-8-6-12(19)7-9-13/h3-11H,1-2H3,(H,20,24)(H,21,25). The minimum Gasteiger partial charge on any atom is -0.348 e. The van der Waals surface area contributed by atoms with Crippen LogP contribution in [0.1, 0.15) is 35.0 Å². The fourth-order valence-electron chi connectivity index (χ4n) is 2.42. The van der Waals surface area contributed by atoms with Crippen molar-refractivity contribution in [2.45, 2.75) is 19.9 Å². The number of hydrogen-bond donors (Lipinski definition) is 2. The summed E-state index contributed by atoms with van der Waals surface area (Å²) in [6, 6.07) is 12.1. The van der Waals surface area contributed by atoms with Crippen LogP contribution in [0, 0.1) is 0 Å². The summed E-state index contributed by atoms with van der Waals surface area (Å²) in [5, 5.41) is 6.14. The molecule has 0 unspecified atom stereocenters. The van der Waals surface area contributed by atoms with Crippen molar-refractivity contribution in [2.24, 2.45) is 0 Å². The van der Waals surface area contributed by atoms with Crippen LogP contribution in [-0.2, 0) is 0 Å². The van der Waals surface area contributed by atoms with E-state index >= 15 is 0 Å². The van der Waals surface area contributed by atoms with Gasteiger partial charge in [-0.3, -0.25) is 14.0 Å². The van der Waals surface area contributed by atoms with Gasteiger partial charge >= 0.3 is 0 Å². The highest BCUT2D eigenvalue weighted by Gasteiger charge is 2.21. The maximum absolute atomic E-state index is 12.6. The molecule has 2 amide bonds. The Morgan fingerprint density at radius 3 is 2.48 bits per heavy atom. The number of anilines is 1. The molecule has 0 spiro atoms. The maximum Gasteiger partial charge on any atom is 0.292 e. The largest absolute Gasteiger partial charge is 0.348 e. The first-order valence-electron chi connectivity index (χ1n) is 7.80. The normalized spacial score (nSPS) is 10.9. The number of hydrogen-bond acceptors (Lipinski definition) is 3. The van der Waals surface area contributed by atoms with E-state index in [0.29, 0.717) is 16.2 Å². The van der Waals surface area contributed by atoms with Gasteiger partial charge < -0.3 is 10.6 Å². The summed E-state index contributed by atoms with van der Waals surface area (Å²) in [7, 11) is 0. The van der Waals surface area contributed by atoms with Crippen LogP contribution in [0.4, 0.5) is 5.69 Å². The minimum absolute atomic E-state index is 0.0284. The summed E-state index contributed by atoms with van der Waals surface area (Å²) < 4.78 is 1.60. The van der Waals surface area contributed by atoms with Gasteiger partial charge in [-0.15, -0.1) is 0 Å². The van der Waals surface area contributed by atoms with Crippen LogP contribution < -0.4 is 10.6 Å². The zero-order valence-electron chi connectivity index (χ0n) is 13.8. The number of carbonyl (C=O) groups is 2. The highest BCUT2D eigenvalue weighted by Crippen LogP contribution is 2.17. The fourth-order valence-corrected chi connectivity index (χ4v) is 2.54. The minimum atomic E-state index is -0.410. The van der Waals surface area contributed by atoms with Crippen LogP contribution in [0.2, 0.25) is 5.02 Å². The average Bonchev–Trinajstić information content (AvgIpc) is 2.96. The van der Waals surface area contributed by atoms with Crippen molar-refractivity contribution in [3.05, 3.63) is 65.2 Å². The Labute approximate surface area is 149 Å². The van der Waals surface area contributed by atoms with E-state index in [1.165, 1.54) is 0 Å². The van der Waals surface area contributed by atoms with E-state index in [-0.39, 0.29) is 23.5 Å². The lowest BCUT2D eigenvalue weighted by molar-refractivity contribution is 0.0940. The molecule has 0 saturated carbocycles. The Morgan fingerprint density at radius 1 is 1.08 bits per heavy atom. The van der Waals surface area contributed by atoms with Gasteiger partial charge in [-0.25, -0.2) is 4.98 Å². The zero-order valence-corrected chi connectivity index (χ0v) is 14.5. The third kappa shape index (κ3) is 3.64. The van der Waals surface area contributed by atoms with Crippen LogP contribution in [0.25, 0.3) is 5.52 Å². The van der Waals surface area contributed by atoms with Crippen LogP contribution >= 0.6 is 11.6 Å². The van der Waals surface area contributed by atoms with Gasteiger partial charge in [0, 0.05) is 22.9 Å². The number of pyridine rings is 1. The Kier molecular flexibility index (Phi) is 4.72. The number of amides is 2. The monoisotopic (exact) mass is 356 g/mol. The molecule has 0 bridgehead atoms. The number of rotatable bonds is 4. The molecule has 2 heterocycles. The van der Waals surface area contributed by atoms with Crippen molar-refractivity contribution in [1.29, 1.82) is 0 Å². The first kappa shape index (κ1) is 17.0. The van der Waals surface area contributed by atoms with Gasteiger partial charge in [-0.1, -0.05) is 17.7 Å². The number of fused-ring (bicyclic) bond motifs is 1. The SMILES string of the molecule is CC(C)NC(=O)c1nc(C(=O)Nc2ccc(Cl)cc2)n2ccccc12. The van der Waals surface area contributed by atoms with Crippen molar-refractivity contribution in [3.63, 3.8) is 0 Å². The zero-order chi connectivity index (χ0) is 18.0. The molecular formula is C18H17ClN4O2. The lowest BCUT2D eigenvalue weighted by atomic mass is 10.3. The van der Waals surface area contributed by atoms with Crippen LogP contribution in [0.3, 0.4) is 0 Å². The van der Waals surface area contributed by atoms with E-state index in [4.69, 9.17) is 11.6 Å². The molecule has 0 fully saturated rings. The Balaban J connectivity index is 1.97. The van der Waals surface area contributed by atoms with Crippen LogP contribution in [0.15, 0.2) is 48.7 Å². The van der Waals surface area contributed by atoms with Gasteiger partial charge in [0.25, 0.3) is 11.8 Å². The smallest absolute Gasteiger partial charge is 0.292 e. The second-order valence-electron chi connectivity index (χ2n) is 5.83. The van der Waals surface area contributed by atoms with E-state index in [0.717, 1.165) is 0 Å². The first-order chi connectivity index (χ1) is 12.0. The summed E-state index contributed by atoms with van der Waals surface area (Å²) in [6.07, 6.45) is 1.70. The molecular weight excluding hydrogens is 340 g/mol. The molecule has 2 aromatic heterocycles. The predicted molar refractivity (Wildman–Crippen MR) is 97.2 cm³/mol. The number of halogens is 1. The molecule has 0 aliphatic rings. The topological polar surface area (TPSA) is 75.5 Å². The van der Waals surface area contributed by atoms with Crippen molar-refractivity contribution in [1.82, 2.24) is 14.7 Å². The lowest BCUT2D eigenvalue weighted by Gasteiger charge is -2.06. The number of nitrogens with one attached hydrogen (secondary N) is 2. The third-order valence-electron chi connectivity index (χ3n) is 3.49. The number of benzene rings is 1. The van der Waals surface area contributed by atoms with Gasteiger partial charge in [0.05, 0.1) is 5.52 Å². The molecule has 2 N–H and O–H groups in total. The quantitative estimate of drug-likeness (QED) is 0.752. The van der Waals surface area contributed by atoms with Gasteiger partial charge in [0.15, 0.2) is 5.69 Å². The molecule has 3 rings (SSSR count). The summed E-state index contributed by atoms with van der Waals surface area (Å²) in [4.78, 5) is 29.2. The molecule has 1 aromatic carbocycles. The molecule has 0 atom stereocenters. The summed E-state index contributed by atoms with van der Waals surface area (Å²) >= 11 is 5.85. The number of aromatic nitrogens is 2. The van der Waals surface area contributed by atoms with E-state index in [2.05, 4.69) is 15.6 Å².